The number of rotatable bonds is 7. The molecule has 0 fully saturated rings. The first kappa shape index (κ1) is 18.7. The van der Waals surface area contributed by atoms with E-state index >= 15 is 0 Å². The molecular weight excluding hydrogens is 360 g/mol. The first-order valence-electron chi connectivity index (χ1n) is 5.44. The van der Waals surface area contributed by atoms with Gasteiger partial charge in [0.2, 0.25) is 0 Å². The molecule has 0 radical (unpaired) electrons. The van der Waals surface area contributed by atoms with E-state index in [2.05, 4.69) is 0 Å². The Hall–Kier alpha value is -4.38. The quantitative estimate of drug-likeness (QED) is 0.361. The van der Waals surface area contributed by atoms with Gasteiger partial charge in [0, 0.05) is 6.07 Å². The van der Waals surface area contributed by atoms with Crippen LogP contribution in [0.15, 0.2) is 12.1 Å². The zero-order chi connectivity index (χ0) is 19.7. The average molecular weight is 362 g/mol. The van der Waals surface area contributed by atoms with Gasteiger partial charge in [0.05, 0.1) is 14.8 Å². The summed E-state index contributed by atoms with van der Waals surface area (Å²) in [6.07, 6.45) is 0. The molecule has 1 aromatic rings. The van der Waals surface area contributed by atoms with Crippen molar-refractivity contribution in [2.24, 2.45) is 0 Å². The largest absolute Gasteiger partial charge is 0.735 e. The van der Waals surface area contributed by atoms with Gasteiger partial charge in [-0.15, -0.1) is 0 Å². The van der Waals surface area contributed by atoms with Crippen LogP contribution in [0.4, 0.5) is 17.1 Å². The Kier molecular flexibility index (Phi) is 4.49. The molecule has 0 aliphatic rings. The lowest BCUT2D eigenvalue weighted by atomic mass is 10.0. The molecule has 18 heteroatoms. The molecule has 0 amide bonds. The van der Waals surface area contributed by atoms with Crippen LogP contribution in [0.25, 0.3) is 0 Å². The summed E-state index contributed by atoms with van der Waals surface area (Å²) in [6.45, 7) is 0. The molecule has 132 valence electrons. The van der Waals surface area contributed by atoms with Gasteiger partial charge in [-0.2, -0.15) is 0 Å². The second-order valence-corrected chi connectivity index (χ2v) is 4.01. The van der Waals surface area contributed by atoms with Gasteiger partial charge in [0.1, 0.15) is 0 Å². The molecule has 0 saturated heterocycles. The van der Waals surface area contributed by atoms with Gasteiger partial charge in [0.25, 0.3) is 5.56 Å². The number of hydrogen-bond donors (Lipinski definition) is 0. The fourth-order valence-electron chi connectivity index (χ4n) is 1.85. The summed E-state index contributed by atoms with van der Waals surface area (Å²) in [5, 5.41) is 65.6. The smallest absolute Gasteiger partial charge is 0.258 e. The molecule has 0 aliphatic heterocycles. The van der Waals surface area contributed by atoms with Crippen LogP contribution in [0.5, 0.6) is 0 Å². The van der Waals surface area contributed by atoms with E-state index in [0.717, 1.165) is 0 Å². The lowest BCUT2D eigenvalue weighted by molar-refractivity contribution is -0.986. The molecule has 0 aliphatic carbocycles. The van der Waals surface area contributed by atoms with Gasteiger partial charge in [-0.1, -0.05) is 0 Å². The van der Waals surface area contributed by atoms with Crippen molar-refractivity contribution in [1.82, 2.24) is 0 Å². The zero-order valence-corrected chi connectivity index (χ0v) is 11.2. The maximum atomic E-state index is 11.0. The lowest BCUT2D eigenvalue weighted by Gasteiger charge is -2.09. The molecular formula is C7H2N6O12. The van der Waals surface area contributed by atoms with E-state index in [-0.39, 0.29) is 12.1 Å². The van der Waals surface area contributed by atoms with Crippen LogP contribution in [-0.2, 0) is 5.79 Å². The fourth-order valence-corrected chi connectivity index (χ4v) is 1.85. The van der Waals surface area contributed by atoms with E-state index in [1.54, 1.807) is 0 Å². The third-order valence-corrected chi connectivity index (χ3v) is 2.82. The van der Waals surface area contributed by atoms with Crippen LogP contribution in [0.1, 0.15) is 5.56 Å². The van der Waals surface area contributed by atoms with Gasteiger partial charge in [-0.25, -0.2) is 0 Å². The summed E-state index contributed by atoms with van der Waals surface area (Å²) in [5.74, 6) is -4.58. The molecule has 0 atom stereocenters. The number of nitrogens with zero attached hydrogens (tertiary/aromatic N) is 6. The first-order valence-corrected chi connectivity index (χ1v) is 5.44. The second kappa shape index (κ2) is 6.02. The minimum atomic E-state index is -4.58. The van der Waals surface area contributed by atoms with E-state index < -0.39 is 58.0 Å². The van der Waals surface area contributed by atoms with Crippen LogP contribution in [0.2, 0.25) is 0 Å². The highest BCUT2D eigenvalue weighted by Crippen LogP contribution is 2.44. The van der Waals surface area contributed by atoms with Crippen molar-refractivity contribution in [2.75, 3.05) is 0 Å². The Bertz CT molecular complexity index is 811. The molecule has 0 bridgehead atoms. The first-order chi connectivity index (χ1) is 11.4. The normalized spacial score (nSPS) is 10.7. The summed E-state index contributed by atoms with van der Waals surface area (Å²) in [6, 6.07) is 0.0728. The molecule has 0 heterocycles. The fraction of sp³-hybridized carbons (Fsp3) is 0.143. The molecule has 0 saturated carbocycles. The lowest BCUT2D eigenvalue weighted by Crippen LogP contribution is -2.50. The maximum Gasteiger partial charge on any atom is 0.735 e. The van der Waals surface area contributed by atoms with Gasteiger partial charge < -0.3 is 0 Å². The topological polar surface area (TPSA) is 259 Å². The minimum Gasteiger partial charge on any atom is -0.258 e. The Morgan fingerprint density at radius 3 is 1.28 bits per heavy atom. The summed E-state index contributed by atoms with van der Waals surface area (Å²) in [5.41, 5.74) is -7.54. The van der Waals surface area contributed by atoms with Crippen LogP contribution >= 0.6 is 0 Å². The van der Waals surface area contributed by atoms with E-state index in [4.69, 9.17) is 0 Å². The van der Waals surface area contributed by atoms with Crippen molar-refractivity contribution in [2.45, 2.75) is 5.79 Å². The molecule has 1 rings (SSSR count). The molecule has 25 heavy (non-hydrogen) atoms. The van der Waals surface area contributed by atoms with Crippen molar-refractivity contribution in [3.63, 3.8) is 0 Å². The van der Waals surface area contributed by atoms with Crippen LogP contribution in [0.3, 0.4) is 0 Å². The maximum absolute atomic E-state index is 11.0. The predicted octanol–water partition coefficient (Wildman–Crippen LogP) is 0.352. The molecule has 18 nitrogen and oxygen atoms in total. The van der Waals surface area contributed by atoms with E-state index in [0.29, 0.717) is 0 Å². The Balaban J connectivity index is 4.22. The predicted molar refractivity (Wildman–Crippen MR) is 69.1 cm³/mol. The third-order valence-electron chi connectivity index (χ3n) is 2.82. The Morgan fingerprint density at radius 2 is 1.00 bits per heavy atom. The number of benzene rings is 1. The summed E-state index contributed by atoms with van der Waals surface area (Å²) in [7, 11) is 0. The Morgan fingerprint density at radius 1 is 0.600 bits per heavy atom. The monoisotopic (exact) mass is 362 g/mol. The van der Waals surface area contributed by atoms with Gasteiger partial charge in [-0.05, 0) is 6.07 Å². The van der Waals surface area contributed by atoms with E-state index in [1.807, 2.05) is 0 Å². The van der Waals surface area contributed by atoms with Crippen molar-refractivity contribution >= 4 is 17.1 Å². The van der Waals surface area contributed by atoms with Gasteiger partial charge in [0.15, 0.2) is 14.8 Å². The minimum absolute atomic E-state index is 0.0162. The molecule has 0 unspecified atom stereocenters. The highest BCUT2D eigenvalue weighted by molar-refractivity contribution is 5.69. The van der Waals surface area contributed by atoms with Crippen LogP contribution < -0.4 is 0 Å². The van der Waals surface area contributed by atoms with E-state index in [1.165, 1.54) is 0 Å². The number of hydrogen-bond acceptors (Lipinski definition) is 12. The Labute approximate surface area is 132 Å². The molecule has 1 aromatic carbocycles. The second-order valence-electron chi connectivity index (χ2n) is 4.01. The SMILES string of the molecule is O=[N+]([O-])c1ccc(C([N+](=O)[O-])([N+](=O)[O-])[N+](=O)[O-])c([N+](=O)[O-])c1[N+](=O)[O-]. The molecule has 0 aromatic heterocycles. The van der Waals surface area contributed by atoms with Crippen molar-refractivity contribution < 1.29 is 29.5 Å². The van der Waals surface area contributed by atoms with Gasteiger partial charge in [-0.3, -0.25) is 60.7 Å². The summed E-state index contributed by atoms with van der Waals surface area (Å²) >= 11 is 0. The molecule has 0 spiro atoms. The van der Waals surface area contributed by atoms with Crippen LogP contribution in [0, 0.1) is 60.7 Å². The van der Waals surface area contributed by atoms with Gasteiger partial charge >= 0.3 is 22.8 Å². The summed E-state index contributed by atoms with van der Waals surface area (Å²) < 4.78 is 0. The number of nitro benzene ring substituents is 3. The third kappa shape index (κ3) is 2.58. The highest BCUT2D eigenvalue weighted by Gasteiger charge is 2.76. The number of nitro groups is 6. The van der Waals surface area contributed by atoms with Crippen LogP contribution in [-0.4, -0.2) is 29.5 Å². The highest BCUT2D eigenvalue weighted by atomic mass is 16.7. The van der Waals surface area contributed by atoms with Crippen molar-refractivity contribution in [3.05, 3.63) is 78.4 Å². The zero-order valence-electron chi connectivity index (χ0n) is 11.2. The van der Waals surface area contributed by atoms with Crippen molar-refractivity contribution in [1.29, 1.82) is 0 Å². The van der Waals surface area contributed by atoms with Crippen molar-refractivity contribution in [3.8, 4) is 0 Å². The van der Waals surface area contributed by atoms with E-state index in [9.17, 15) is 60.7 Å². The standard InChI is InChI=1S/C7H2N6O12/c14-8(15)4-2-1-3(5(9(16)17)6(4)10(18)19)7(11(20)21,12(22)23)13(24)25/h1-2H. The molecule has 0 N–H and O–H groups in total. The average Bonchev–Trinajstić information content (AvgIpc) is 2.45. The summed E-state index contributed by atoms with van der Waals surface area (Å²) in [4.78, 5) is 54.3.